The lowest BCUT2D eigenvalue weighted by Gasteiger charge is -2.13. The second-order valence-electron chi connectivity index (χ2n) is 6.54. The van der Waals surface area contributed by atoms with Gasteiger partial charge >= 0.3 is 5.97 Å². The van der Waals surface area contributed by atoms with Crippen LogP contribution in [0.3, 0.4) is 0 Å². The van der Waals surface area contributed by atoms with Gasteiger partial charge in [0, 0.05) is 0 Å². The zero-order valence-electron chi connectivity index (χ0n) is 16.4. The second kappa shape index (κ2) is 9.68. The minimum Gasteiger partial charge on any atom is -0.491 e. The standard InChI is InChI=1S/C20H26N4O4/c1-5-7-8-16(20(26)27)21-19(25)18-17(6-2)24(23-22-18)14-9-11-15(12-10-14)28-13(3)4/h5,9-13,16H,1,6-8H2,2-4H3,(H,21,25)(H,26,27). The summed E-state index contributed by atoms with van der Waals surface area (Å²) < 4.78 is 7.21. The van der Waals surface area contributed by atoms with Crippen molar-refractivity contribution in [3.63, 3.8) is 0 Å². The van der Waals surface area contributed by atoms with Crippen LogP contribution in [0.5, 0.6) is 5.75 Å². The molecule has 2 aromatic rings. The quantitative estimate of drug-likeness (QED) is 0.608. The maximum Gasteiger partial charge on any atom is 0.326 e. The Labute approximate surface area is 164 Å². The Hall–Kier alpha value is -3.16. The van der Waals surface area contributed by atoms with Crippen LogP contribution in [0.4, 0.5) is 0 Å². The van der Waals surface area contributed by atoms with Gasteiger partial charge in [-0.05, 0) is 57.4 Å². The van der Waals surface area contributed by atoms with Gasteiger partial charge in [-0.1, -0.05) is 18.2 Å². The smallest absolute Gasteiger partial charge is 0.326 e. The molecule has 1 unspecified atom stereocenters. The number of aliphatic carboxylic acids is 1. The number of ether oxygens (including phenoxy) is 1. The molecular formula is C20H26N4O4. The number of hydrogen-bond donors (Lipinski definition) is 2. The van der Waals surface area contributed by atoms with Crippen LogP contribution in [-0.2, 0) is 11.2 Å². The van der Waals surface area contributed by atoms with E-state index in [1.165, 1.54) is 0 Å². The maximum atomic E-state index is 12.6. The summed E-state index contributed by atoms with van der Waals surface area (Å²) in [6.45, 7) is 9.36. The van der Waals surface area contributed by atoms with Gasteiger partial charge in [0.25, 0.3) is 5.91 Å². The Kier molecular flexibility index (Phi) is 7.31. The number of aromatic nitrogens is 3. The molecule has 0 spiro atoms. The maximum absolute atomic E-state index is 12.6. The number of carbonyl (C=O) groups is 2. The van der Waals surface area contributed by atoms with Crippen molar-refractivity contribution < 1.29 is 19.4 Å². The lowest BCUT2D eigenvalue weighted by Crippen LogP contribution is -2.41. The Morgan fingerprint density at radius 1 is 1.32 bits per heavy atom. The third-order valence-corrected chi connectivity index (χ3v) is 4.03. The molecule has 0 aliphatic rings. The second-order valence-corrected chi connectivity index (χ2v) is 6.54. The van der Waals surface area contributed by atoms with Crippen LogP contribution < -0.4 is 10.1 Å². The Balaban J connectivity index is 2.24. The molecule has 0 bridgehead atoms. The number of carboxylic acid groups (broad SMARTS) is 1. The van der Waals surface area contributed by atoms with E-state index in [9.17, 15) is 14.7 Å². The average Bonchev–Trinajstić information content (AvgIpc) is 3.09. The van der Waals surface area contributed by atoms with E-state index in [1.807, 2.05) is 45.0 Å². The highest BCUT2D eigenvalue weighted by atomic mass is 16.5. The third-order valence-electron chi connectivity index (χ3n) is 4.03. The Bertz CT molecular complexity index is 827. The van der Waals surface area contributed by atoms with Gasteiger partial charge in [0.15, 0.2) is 5.69 Å². The molecule has 0 saturated heterocycles. The van der Waals surface area contributed by atoms with Crippen molar-refractivity contribution in [1.29, 1.82) is 0 Å². The van der Waals surface area contributed by atoms with Crippen molar-refractivity contribution >= 4 is 11.9 Å². The highest BCUT2D eigenvalue weighted by Crippen LogP contribution is 2.19. The largest absolute Gasteiger partial charge is 0.491 e. The van der Waals surface area contributed by atoms with Gasteiger partial charge < -0.3 is 15.2 Å². The number of benzene rings is 1. The fourth-order valence-electron chi connectivity index (χ4n) is 2.71. The first-order valence-electron chi connectivity index (χ1n) is 9.23. The summed E-state index contributed by atoms with van der Waals surface area (Å²) in [5.41, 5.74) is 1.46. The molecule has 1 heterocycles. The van der Waals surface area contributed by atoms with E-state index in [-0.39, 0.29) is 18.2 Å². The minimum atomic E-state index is -1.10. The minimum absolute atomic E-state index is 0.0713. The number of hydrogen-bond acceptors (Lipinski definition) is 5. The van der Waals surface area contributed by atoms with Crippen LogP contribution in [0.2, 0.25) is 0 Å². The van der Waals surface area contributed by atoms with Gasteiger partial charge in [0.1, 0.15) is 11.8 Å². The molecule has 1 amide bonds. The summed E-state index contributed by atoms with van der Waals surface area (Å²) in [7, 11) is 0. The van der Waals surface area contributed by atoms with Crippen LogP contribution in [0.15, 0.2) is 36.9 Å². The molecule has 2 N–H and O–H groups in total. The zero-order chi connectivity index (χ0) is 20.7. The molecule has 0 aliphatic carbocycles. The number of carbonyl (C=O) groups excluding carboxylic acids is 1. The molecule has 1 aromatic carbocycles. The van der Waals surface area contributed by atoms with Gasteiger partial charge in [0.05, 0.1) is 17.5 Å². The fraction of sp³-hybridized carbons (Fsp3) is 0.400. The van der Waals surface area contributed by atoms with Gasteiger partial charge in [-0.3, -0.25) is 4.79 Å². The molecule has 150 valence electrons. The highest BCUT2D eigenvalue weighted by molar-refractivity contribution is 5.95. The van der Waals surface area contributed by atoms with E-state index in [2.05, 4.69) is 22.2 Å². The summed E-state index contributed by atoms with van der Waals surface area (Å²) in [6.07, 6.45) is 2.93. The number of rotatable bonds is 10. The molecule has 8 nitrogen and oxygen atoms in total. The Morgan fingerprint density at radius 3 is 2.54 bits per heavy atom. The van der Waals surface area contributed by atoms with E-state index in [1.54, 1.807) is 10.8 Å². The fourth-order valence-corrected chi connectivity index (χ4v) is 2.71. The van der Waals surface area contributed by atoms with Gasteiger partial charge in [0.2, 0.25) is 0 Å². The van der Waals surface area contributed by atoms with Crippen molar-refractivity contribution in [2.24, 2.45) is 0 Å². The monoisotopic (exact) mass is 386 g/mol. The lowest BCUT2D eigenvalue weighted by atomic mass is 10.1. The van der Waals surface area contributed by atoms with Crippen LogP contribution in [0.25, 0.3) is 5.69 Å². The molecule has 2 rings (SSSR count). The number of allylic oxidation sites excluding steroid dienone is 1. The number of amides is 1. The van der Waals surface area contributed by atoms with E-state index in [0.717, 1.165) is 11.4 Å². The summed E-state index contributed by atoms with van der Waals surface area (Å²) in [5.74, 6) is -0.915. The molecule has 1 aromatic heterocycles. The number of nitrogens with zero attached hydrogens (tertiary/aromatic N) is 3. The average molecular weight is 386 g/mol. The van der Waals surface area contributed by atoms with Crippen molar-refractivity contribution in [3.05, 3.63) is 48.3 Å². The summed E-state index contributed by atoms with van der Waals surface area (Å²) in [6, 6.07) is 6.31. The first-order chi connectivity index (χ1) is 13.4. The lowest BCUT2D eigenvalue weighted by molar-refractivity contribution is -0.139. The Morgan fingerprint density at radius 2 is 2.00 bits per heavy atom. The first kappa shape index (κ1) is 21.1. The molecule has 0 saturated carbocycles. The molecule has 1 atom stereocenters. The van der Waals surface area contributed by atoms with Crippen LogP contribution in [-0.4, -0.2) is 44.1 Å². The molecular weight excluding hydrogens is 360 g/mol. The van der Waals surface area contributed by atoms with Crippen LogP contribution in [0.1, 0.15) is 49.8 Å². The van der Waals surface area contributed by atoms with Crippen LogP contribution in [0, 0.1) is 0 Å². The van der Waals surface area contributed by atoms with Crippen LogP contribution >= 0.6 is 0 Å². The predicted octanol–water partition coefficient (Wildman–Crippen LogP) is 2.77. The summed E-state index contributed by atoms with van der Waals surface area (Å²) in [4.78, 5) is 23.9. The van der Waals surface area contributed by atoms with Gasteiger partial charge in [-0.25, -0.2) is 9.48 Å². The van der Waals surface area contributed by atoms with Crippen molar-refractivity contribution in [2.75, 3.05) is 0 Å². The molecule has 0 radical (unpaired) electrons. The summed E-state index contributed by atoms with van der Waals surface area (Å²) >= 11 is 0. The molecule has 0 aliphatic heterocycles. The number of carboxylic acids is 1. The van der Waals surface area contributed by atoms with E-state index in [4.69, 9.17) is 4.74 Å². The van der Waals surface area contributed by atoms with E-state index < -0.39 is 17.9 Å². The molecule has 8 heteroatoms. The third kappa shape index (κ3) is 5.18. The summed E-state index contributed by atoms with van der Waals surface area (Å²) in [5, 5.41) is 19.9. The zero-order valence-corrected chi connectivity index (χ0v) is 16.4. The SMILES string of the molecule is C=CCCC(NC(=O)c1nnn(-c2ccc(OC(C)C)cc2)c1CC)C(=O)O. The van der Waals surface area contributed by atoms with Crippen molar-refractivity contribution in [2.45, 2.75) is 52.2 Å². The van der Waals surface area contributed by atoms with Crippen molar-refractivity contribution in [1.82, 2.24) is 20.3 Å². The van der Waals surface area contributed by atoms with E-state index >= 15 is 0 Å². The topological polar surface area (TPSA) is 106 Å². The molecule has 28 heavy (non-hydrogen) atoms. The van der Waals surface area contributed by atoms with Gasteiger partial charge in [-0.15, -0.1) is 11.7 Å². The normalized spacial score (nSPS) is 11.9. The highest BCUT2D eigenvalue weighted by Gasteiger charge is 2.25. The first-order valence-corrected chi connectivity index (χ1v) is 9.23. The number of nitrogens with one attached hydrogen (secondary N) is 1. The predicted molar refractivity (Wildman–Crippen MR) is 105 cm³/mol. The van der Waals surface area contributed by atoms with E-state index in [0.29, 0.717) is 18.5 Å². The van der Waals surface area contributed by atoms with Gasteiger partial charge in [-0.2, -0.15) is 0 Å². The van der Waals surface area contributed by atoms with Crippen molar-refractivity contribution in [3.8, 4) is 11.4 Å². The molecule has 0 fully saturated rings.